The van der Waals surface area contributed by atoms with Crippen LogP contribution < -0.4 is 21.3 Å². The number of fused-ring (bicyclic) bond motifs is 2. The Labute approximate surface area is 207 Å². The molecule has 5 aromatic rings. The maximum absolute atomic E-state index is 13.4. The molecule has 0 aliphatic carbocycles. The molecule has 0 amide bonds. The maximum atomic E-state index is 13.4. The molecule has 0 fully saturated rings. The van der Waals surface area contributed by atoms with E-state index in [0.29, 0.717) is 47.2 Å². The molecule has 6 rings (SSSR count). The zero-order chi connectivity index (χ0) is 24.5. The van der Waals surface area contributed by atoms with E-state index in [1.54, 1.807) is 24.5 Å². The van der Waals surface area contributed by atoms with Crippen LogP contribution in [-0.4, -0.2) is 31.0 Å². The molecule has 4 N–H and O–H groups in total. The van der Waals surface area contributed by atoms with E-state index in [0.717, 1.165) is 24.5 Å². The number of rotatable bonds is 6. The molecule has 0 spiro atoms. The second-order valence-electron chi connectivity index (χ2n) is 8.78. The first-order chi connectivity index (χ1) is 17.6. The van der Waals surface area contributed by atoms with E-state index in [9.17, 15) is 4.79 Å². The van der Waals surface area contributed by atoms with Gasteiger partial charge in [-0.1, -0.05) is 30.3 Å². The van der Waals surface area contributed by atoms with E-state index < -0.39 is 0 Å². The molecular weight excluding hydrogens is 454 g/mol. The number of H-pyrrole nitrogens is 1. The molecule has 3 aromatic heterocycles. The van der Waals surface area contributed by atoms with Gasteiger partial charge in [0, 0.05) is 44.1 Å². The van der Waals surface area contributed by atoms with Crippen LogP contribution in [0.15, 0.2) is 83.9 Å². The summed E-state index contributed by atoms with van der Waals surface area (Å²) in [5.74, 6) is 1.93. The highest BCUT2D eigenvalue weighted by atomic mass is 16.5. The second-order valence-corrected chi connectivity index (χ2v) is 8.78. The number of benzene rings is 2. The van der Waals surface area contributed by atoms with Crippen LogP contribution >= 0.6 is 0 Å². The van der Waals surface area contributed by atoms with Gasteiger partial charge in [-0.15, -0.1) is 0 Å². The summed E-state index contributed by atoms with van der Waals surface area (Å²) in [6, 6.07) is 21.3. The van der Waals surface area contributed by atoms with Gasteiger partial charge >= 0.3 is 0 Å². The lowest BCUT2D eigenvalue weighted by atomic mass is 10.1. The van der Waals surface area contributed by atoms with Gasteiger partial charge in [0.15, 0.2) is 11.5 Å². The minimum Gasteiger partial charge on any atom is -0.457 e. The number of pyridine rings is 1. The standard InChI is InChI=1S/C27H25N7O2/c28-24-25(30-19-6-8-20(9-7-19)36-21-10-13-29-14-11-21)32-34-26(24)31-23-12-15-33(17-22(23)27(34)35)16-18-4-2-1-3-5-18/h1-11,13-14,30,32H,12,15-17,28H2. The van der Waals surface area contributed by atoms with Crippen LogP contribution in [0, 0.1) is 0 Å². The van der Waals surface area contributed by atoms with Gasteiger partial charge in [0.25, 0.3) is 5.56 Å². The smallest absolute Gasteiger partial charge is 0.277 e. The zero-order valence-electron chi connectivity index (χ0n) is 19.5. The van der Waals surface area contributed by atoms with Crippen LogP contribution in [0.2, 0.25) is 0 Å². The predicted octanol–water partition coefficient (Wildman–Crippen LogP) is 4.09. The van der Waals surface area contributed by atoms with Crippen molar-refractivity contribution in [3.8, 4) is 11.5 Å². The monoisotopic (exact) mass is 479 g/mol. The quantitative estimate of drug-likeness (QED) is 0.336. The number of nitrogens with one attached hydrogen (secondary N) is 2. The van der Waals surface area contributed by atoms with Gasteiger partial charge in [-0.25, -0.2) is 4.98 Å². The Morgan fingerprint density at radius 1 is 1.00 bits per heavy atom. The predicted molar refractivity (Wildman–Crippen MR) is 139 cm³/mol. The first-order valence-corrected chi connectivity index (χ1v) is 11.8. The van der Waals surface area contributed by atoms with Gasteiger partial charge < -0.3 is 15.8 Å². The summed E-state index contributed by atoms with van der Waals surface area (Å²) in [6.45, 7) is 2.19. The van der Waals surface area contributed by atoms with Gasteiger partial charge in [-0.3, -0.25) is 19.8 Å². The summed E-state index contributed by atoms with van der Waals surface area (Å²) in [6.07, 6.45) is 4.07. The SMILES string of the molecule is Nc1c(Nc2ccc(Oc3ccncc3)cc2)[nH]n2c(=O)c3c(nc12)CCN(Cc1ccccc1)C3. The van der Waals surface area contributed by atoms with Crippen molar-refractivity contribution in [1.29, 1.82) is 0 Å². The topological polar surface area (TPSA) is 114 Å². The van der Waals surface area contributed by atoms with Crippen LogP contribution in [0.5, 0.6) is 11.5 Å². The van der Waals surface area contributed by atoms with E-state index in [1.165, 1.54) is 10.1 Å². The van der Waals surface area contributed by atoms with Crippen molar-refractivity contribution in [2.45, 2.75) is 19.5 Å². The fourth-order valence-electron chi connectivity index (χ4n) is 4.47. The average molecular weight is 480 g/mol. The third-order valence-corrected chi connectivity index (χ3v) is 6.30. The second kappa shape index (κ2) is 9.20. The summed E-state index contributed by atoms with van der Waals surface area (Å²) in [4.78, 5) is 24.4. The summed E-state index contributed by atoms with van der Waals surface area (Å²) < 4.78 is 7.25. The van der Waals surface area contributed by atoms with Crippen molar-refractivity contribution in [3.05, 3.63) is 106 Å². The Bertz CT molecular complexity index is 1560. The number of ether oxygens (including phenoxy) is 1. The number of nitrogens with two attached hydrogens (primary N) is 1. The van der Waals surface area contributed by atoms with Gasteiger partial charge in [0.05, 0.1) is 11.3 Å². The number of hydrogen-bond donors (Lipinski definition) is 3. The summed E-state index contributed by atoms with van der Waals surface area (Å²) in [5, 5.41) is 6.35. The molecule has 0 atom stereocenters. The highest BCUT2D eigenvalue weighted by Crippen LogP contribution is 2.28. The van der Waals surface area contributed by atoms with Gasteiger partial charge in [0.2, 0.25) is 0 Å². The first-order valence-electron chi connectivity index (χ1n) is 11.8. The van der Waals surface area contributed by atoms with E-state index >= 15 is 0 Å². The van der Waals surface area contributed by atoms with E-state index in [1.807, 2.05) is 42.5 Å². The molecule has 180 valence electrons. The molecule has 9 heteroatoms. The lowest BCUT2D eigenvalue weighted by Gasteiger charge is -2.27. The minimum absolute atomic E-state index is 0.117. The molecule has 0 bridgehead atoms. The van der Waals surface area contributed by atoms with Crippen LogP contribution in [0.4, 0.5) is 17.2 Å². The van der Waals surface area contributed by atoms with Gasteiger partial charge in [-0.05, 0) is 42.0 Å². The van der Waals surface area contributed by atoms with Crippen LogP contribution in [-0.2, 0) is 19.5 Å². The van der Waals surface area contributed by atoms with Crippen molar-refractivity contribution in [2.75, 3.05) is 17.6 Å². The molecule has 4 heterocycles. The van der Waals surface area contributed by atoms with E-state index in [2.05, 4.69) is 32.4 Å². The van der Waals surface area contributed by atoms with Crippen molar-refractivity contribution in [2.24, 2.45) is 0 Å². The molecule has 9 nitrogen and oxygen atoms in total. The van der Waals surface area contributed by atoms with Crippen LogP contribution in [0.25, 0.3) is 5.65 Å². The van der Waals surface area contributed by atoms with Crippen LogP contribution in [0.1, 0.15) is 16.8 Å². The molecular formula is C27H25N7O2. The average Bonchev–Trinajstić information content (AvgIpc) is 3.22. The Hall–Kier alpha value is -4.63. The molecule has 0 saturated carbocycles. The number of anilines is 3. The van der Waals surface area contributed by atoms with Crippen molar-refractivity contribution < 1.29 is 4.74 Å². The molecule has 2 aromatic carbocycles. The lowest BCUT2D eigenvalue weighted by Crippen LogP contribution is -2.36. The number of hydrogen-bond acceptors (Lipinski definition) is 7. The number of aromatic amines is 1. The minimum atomic E-state index is -0.117. The molecule has 36 heavy (non-hydrogen) atoms. The largest absolute Gasteiger partial charge is 0.457 e. The number of nitrogens with zero attached hydrogens (tertiary/aromatic N) is 4. The Morgan fingerprint density at radius 3 is 2.53 bits per heavy atom. The molecule has 1 aliphatic rings. The van der Waals surface area contributed by atoms with Crippen molar-refractivity contribution >= 4 is 22.8 Å². The van der Waals surface area contributed by atoms with E-state index in [-0.39, 0.29) is 5.56 Å². The normalized spacial score (nSPS) is 13.4. The van der Waals surface area contributed by atoms with E-state index in [4.69, 9.17) is 15.5 Å². The van der Waals surface area contributed by atoms with Gasteiger partial charge in [0.1, 0.15) is 17.2 Å². The molecule has 0 radical (unpaired) electrons. The van der Waals surface area contributed by atoms with Crippen molar-refractivity contribution in [3.63, 3.8) is 0 Å². The highest BCUT2D eigenvalue weighted by Gasteiger charge is 2.24. The number of nitrogen functional groups attached to an aromatic ring is 1. The van der Waals surface area contributed by atoms with Crippen LogP contribution in [0.3, 0.4) is 0 Å². The molecule has 0 unspecified atom stereocenters. The fourth-order valence-corrected chi connectivity index (χ4v) is 4.47. The highest BCUT2D eigenvalue weighted by molar-refractivity contribution is 5.81. The van der Waals surface area contributed by atoms with Crippen molar-refractivity contribution in [1.82, 2.24) is 24.5 Å². The fraction of sp³-hybridized carbons (Fsp3) is 0.148. The Kier molecular flexibility index (Phi) is 5.59. The van der Waals surface area contributed by atoms with Gasteiger partial charge in [-0.2, -0.15) is 4.52 Å². The third-order valence-electron chi connectivity index (χ3n) is 6.30. The Balaban J connectivity index is 1.23. The zero-order valence-corrected chi connectivity index (χ0v) is 19.5. The molecule has 0 saturated heterocycles. The summed E-state index contributed by atoms with van der Waals surface area (Å²) in [5.41, 5.74) is 10.7. The summed E-state index contributed by atoms with van der Waals surface area (Å²) >= 11 is 0. The molecule has 1 aliphatic heterocycles. The Morgan fingerprint density at radius 2 is 1.75 bits per heavy atom. The number of aromatic nitrogens is 4. The first kappa shape index (κ1) is 21.9. The third kappa shape index (κ3) is 4.27. The lowest BCUT2D eigenvalue weighted by molar-refractivity contribution is 0.241. The summed E-state index contributed by atoms with van der Waals surface area (Å²) in [7, 11) is 0. The maximum Gasteiger partial charge on any atom is 0.277 e.